The van der Waals surface area contributed by atoms with Gasteiger partial charge in [0.2, 0.25) is 0 Å². The van der Waals surface area contributed by atoms with Crippen molar-refractivity contribution in [2.45, 2.75) is 57.1 Å². The van der Waals surface area contributed by atoms with Crippen LogP contribution >= 0.6 is 0 Å². The van der Waals surface area contributed by atoms with Crippen molar-refractivity contribution in [1.82, 2.24) is 15.3 Å². The van der Waals surface area contributed by atoms with Gasteiger partial charge in [-0.1, -0.05) is 0 Å². The van der Waals surface area contributed by atoms with Gasteiger partial charge >= 0.3 is 0 Å². The molecule has 1 aliphatic carbocycles. The van der Waals surface area contributed by atoms with E-state index < -0.39 is 0 Å². The van der Waals surface area contributed by atoms with E-state index in [2.05, 4.69) is 15.3 Å². The van der Waals surface area contributed by atoms with Gasteiger partial charge in [0.1, 0.15) is 11.5 Å². The molecule has 1 atom stereocenters. The van der Waals surface area contributed by atoms with Crippen LogP contribution in [-0.4, -0.2) is 34.1 Å². The molecular formula is C15H21N3O3. The lowest BCUT2D eigenvalue weighted by molar-refractivity contribution is -0.0615. The summed E-state index contributed by atoms with van der Waals surface area (Å²) in [6, 6.07) is 1.33. The maximum Gasteiger partial charge on any atom is 0.270 e. The number of carbonyl (C=O) groups excluding carboxylic acids is 1. The fourth-order valence-corrected chi connectivity index (χ4v) is 2.76. The van der Waals surface area contributed by atoms with E-state index in [4.69, 9.17) is 4.74 Å². The van der Waals surface area contributed by atoms with Crippen LogP contribution in [0.1, 0.15) is 61.8 Å². The molecule has 1 saturated heterocycles. The maximum atomic E-state index is 12.3. The molecule has 0 radical (unpaired) electrons. The molecule has 2 fully saturated rings. The summed E-state index contributed by atoms with van der Waals surface area (Å²) >= 11 is 0. The van der Waals surface area contributed by atoms with Crippen LogP contribution in [0.3, 0.4) is 0 Å². The molecule has 0 bridgehead atoms. The Hall–Kier alpha value is -1.69. The molecule has 1 aromatic heterocycles. The van der Waals surface area contributed by atoms with Crippen molar-refractivity contribution < 1.29 is 9.53 Å². The lowest BCUT2D eigenvalue weighted by atomic mass is 9.94. The second-order valence-electron chi connectivity index (χ2n) is 6.56. The van der Waals surface area contributed by atoms with Gasteiger partial charge in [-0.3, -0.25) is 9.59 Å². The van der Waals surface area contributed by atoms with Crippen molar-refractivity contribution in [3.05, 3.63) is 27.9 Å². The van der Waals surface area contributed by atoms with E-state index in [-0.39, 0.29) is 28.8 Å². The zero-order chi connectivity index (χ0) is 15.0. The second kappa shape index (κ2) is 5.26. The van der Waals surface area contributed by atoms with Crippen LogP contribution in [0.25, 0.3) is 0 Å². The Bertz CT molecular complexity index is 604. The van der Waals surface area contributed by atoms with Crippen LogP contribution in [0.5, 0.6) is 0 Å². The van der Waals surface area contributed by atoms with Gasteiger partial charge < -0.3 is 15.0 Å². The molecule has 6 heteroatoms. The van der Waals surface area contributed by atoms with E-state index in [0.717, 1.165) is 25.7 Å². The third-order valence-electron chi connectivity index (χ3n) is 3.99. The molecule has 2 N–H and O–H groups in total. The van der Waals surface area contributed by atoms with Gasteiger partial charge in [0, 0.05) is 24.6 Å². The van der Waals surface area contributed by atoms with Gasteiger partial charge in [0.25, 0.3) is 11.5 Å². The summed E-state index contributed by atoms with van der Waals surface area (Å²) in [4.78, 5) is 31.0. The smallest absolute Gasteiger partial charge is 0.270 e. The van der Waals surface area contributed by atoms with Gasteiger partial charge in [-0.15, -0.1) is 0 Å². The van der Waals surface area contributed by atoms with E-state index in [9.17, 15) is 9.59 Å². The molecule has 2 heterocycles. The first-order valence-electron chi connectivity index (χ1n) is 7.49. The van der Waals surface area contributed by atoms with Crippen LogP contribution < -0.4 is 10.9 Å². The van der Waals surface area contributed by atoms with Gasteiger partial charge in [-0.25, -0.2) is 4.98 Å². The second-order valence-corrected chi connectivity index (χ2v) is 6.56. The van der Waals surface area contributed by atoms with Crippen LogP contribution in [0.4, 0.5) is 0 Å². The molecule has 1 aromatic rings. The van der Waals surface area contributed by atoms with E-state index in [1.54, 1.807) is 0 Å². The summed E-state index contributed by atoms with van der Waals surface area (Å²) < 4.78 is 5.64. The molecule has 1 amide bonds. The highest BCUT2D eigenvalue weighted by Gasteiger charge is 2.31. The number of rotatable bonds is 3. The zero-order valence-electron chi connectivity index (χ0n) is 12.4. The van der Waals surface area contributed by atoms with Crippen molar-refractivity contribution >= 4 is 5.91 Å². The summed E-state index contributed by atoms with van der Waals surface area (Å²) in [5, 5.41) is 2.97. The first-order valence-corrected chi connectivity index (χ1v) is 7.49. The molecular weight excluding hydrogens is 270 g/mol. The molecule has 2 aliphatic rings. The predicted octanol–water partition coefficient (Wildman–Crippen LogP) is 1.33. The molecule has 0 aromatic carbocycles. The standard InChI is InChI=1S/C15H21N3O3/c1-15(2)8-10(5-6-21-15)16-14(20)11-7-12(19)18-13(17-11)9-3-4-9/h7,9-10H,3-6,8H2,1-2H3,(H,16,20)(H,17,18,19)/t10-/m0/s1. The Morgan fingerprint density at radius 1 is 1.43 bits per heavy atom. The third kappa shape index (κ3) is 3.50. The Labute approximate surface area is 123 Å². The Balaban J connectivity index is 1.71. The van der Waals surface area contributed by atoms with Gasteiger partial charge in [-0.05, 0) is 39.5 Å². The van der Waals surface area contributed by atoms with E-state index in [1.807, 2.05) is 13.8 Å². The van der Waals surface area contributed by atoms with Crippen LogP contribution in [-0.2, 0) is 4.74 Å². The first kappa shape index (κ1) is 14.3. The minimum absolute atomic E-state index is 0.0618. The highest BCUT2D eigenvalue weighted by atomic mass is 16.5. The minimum atomic E-state index is -0.272. The number of nitrogens with one attached hydrogen (secondary N) is 2. The molecule has 3 rings (SSSR count). The van der Waals surface area contributed by atoms with Gasteiger partial charge in [-0.2, -0.15) is 0 Å². The molecule has 1 aliphatic heterocycles. The highest BCUT2D eigenvalue weighted by molar-refractivity contribution is 5.92. The molecule has 1 saturated carbocycles. The minimum Gasteiger partial charge on any atom is -0.375 e. The first-order chi connectivity index (χ1) is 9.93. The average molecular weight is 291 g/mol. The molecule has 114 valence electrons. The number of aromatic amines is 1. The van der Waals surface area contributed by atoms with Gasteiger partial charge in [0.05, 0.1) is 5.60 Å². The quantitative estimate of drug-likeness (QED) is 0.880. The maximum absolute atomic E-state index is 12.3. The van der Waals surface area contributed by atoms with Gasteiger partial charge in [0.15, 0.2) is 0 Å². The highest BCUT2D eigenvalue weighted by Crippen LogP contribution is 2.37. The van der Waals surface area contributed by atoms with Crippen molar-refractivity contribution in [3.63, 3.8) is 0 Å². The van der Waals surface area contributed by atoms with Crippen molar-refractivity contribution in [2.24, 2.45) is 0 Å². The van der Waals surface area contributed by atoms with Crippen LogP contribution in [0, 0.1) is 0 Å². The van der Waals surface area contributed by atoms with E-state index in [1.165, 1.54) is 6.07 Å². The van der Waals surface area contributed by atoms with E-state index >= 15 is 0 Å². The van der Waals surface area contributed by atoms with Crippen LogP contribution in [0.15, 0.2) is 10.9 Å². The Morgan fingerprint density at radius 2 is 2.19 bits per heavy atom. The average Bonchev–Trinajstić information content (AvgIpc) is 3.21. The van der Waals surface area contributed by atoms with Crippen molar-refractivity contribution in [3.8, 4) is 0 Å². The number of hydrogen-bond acceptors (Lipinski definition) is 4. The lowest BCUT2D eigenvalue weighted by Gasteiger charge is -2.35. The number of aromatic nitrogens is 2. The molecule has 0 unspecified atom stereocenters. The lowest BCUT2D eigenvalue weighted by Crippen LogP contribution is -2.46. The number of amides is 1. The molecule has 0 spiro atoms. The molecule has 21 heavy (non-hydrogen) atoms. The summed E-state index contributed by atoms with van der Waals surface area (Å²) in [5.74, 6) is 0.679. The summed E-state index contributed by atoms with van der Waals surface area (Å²) in [5.41, 5.74) is -0.272. The van der Waals surface area contributed by atoms with Crippen LogP contribution in [0.2, 0.25) is 0 Å². The van der Waals surface area contributed by atoms with Crippen molar-refractivity contribution in [1.29, 1.82) is 0 Å². The number of carbonyl (C=O) groups is 1. The molecule has 6 nitrogen and oxygen atoms in total. The zero-order valence-corrected chi connectivity index (χ0v) is 12.4. The largest absolute Gasteiger partial charge is 0.375 e. The summed E-state index contributed by atoms with van der Waals surface area (Å²) in [6.07, 6.45) is 3.61. The summed E-state index contributed by atoms with van der Waals surface area (Å²) in [6.45, 7) is 4.66. The third-order valence-corrected chi connectivity index (χ3v) is 3.99. The Kier molecular flexibility index (Phi) is 3.57. The monoisotopic (exact) mass is 291 g/mol. The number of nitrogens with zero attached hydrogens (tertiary/aromatic N) is 1. The van der Waals surface area contributed by atoms with E-state index in [0.29, 0.717) is 18.3 Å². The Morgan fingerprint density at radius 3 is 2.86 bits per heavy atom. The normalized spacial score (nSPS) is 24.6. The van der Waals surface area contributed by atoms with Crippen molar-refractivity contribution in [2.75, 3.05) is 6.61 Å². The fourth-order valence-electron chi connectivity index (χ4n) is 2.76. The number of hydrogen-bond donors (Lipinski definition) is 2. The SMILES string of the molecule is CC1(C)C[C@@H](NC(=O)c2cc(=O)[nH]c(C3CC3)n2)CCO1. The number of H-pyrrole nitrogens is 1. The summed E-state index contributed by atoms with van der Waals surface area (Å²) in [7, 11) is 0. The topological polar surface area (TPSA) is 84.1 Å². The number of ether oxygens (including phenoxy) is 1. The predicted molar refractivity (Wildman–Crippen MR) is 77.4 cm³/mol. The fraction of sp³-hybridized carbons (Fsp3) is 0.667.